The molecule has 1 aromatic heterocycles. The third kappa shape index (κ3) is 2.59. The summed E-state index contributed by atoms with van der Waals surface area (Å²) in [7, 11) is 0. The standard InChI is InChI=1S/C16H15F2N3/c1-2-21-15-6-4-3-5-14(15)20-16(21)10-19-11-7-8-12(17)13(18)9-11/h3-9,19H,2,10H2,1H3. The normalized spacial score (nSPS) is 11.0. The van der Waals surface area contributed by atoms with Gasteiger partial charge in [0.25, 0.3) is 0 Å². The number of rotatable bonds is 4. The van der Waals surface area contributed by atoms with Crippen molar-refractivity contribution in [1.82, 2.24) is 9.55 Å². The van der Waals surface area contributed by atoms with Crippen molar-refractivity contribution in [2.24, 2.45) is 0 Å². The molecule has 0 atom stereocenters. The summed E-state index contributed by atoms with van der Waals surface area (Å²) in [6.45, 7) is 3.30. The highest BCUT2D eigenvalue weighted by atomic mass is 19.2. The van der Waals surface area contributed by atoms with Gasteiger partial charge in [-0.3, -0.25) is 0 Å². The number of benzene rings is 2. The lowest BCUT2D eigenvalue weighted by molar-refractivity contribution is 0.509. The zero-order valence-electron chi connectivity index (χ0n) is 11.6. The molecule has 0 aliphatic heterocycles. The number of aryl methyl sites for hydroxylation is 1. The smallest absolute Gasteiger partial charge is 0.160 e. The Morgan fingerprint density at radius 1 is 1.10 bits per heavy atom. The summed E-state index contributed by atoms with van der Waals surface area (Å²) in [5, 5.41) is 3.07. The lowest BCUT2D eigenvalue weighted by atomic mass is 10.3. The largest absolute Gasteiger partial charge is 0.378 e. The highest BCUT2D eigenvalue weighted by molar-refractivity contribution is 5.75. The molecular formula is C16H15F2N3. The number of anilines is 1. The minimum atomic E-state index is -0.857. The molecule has 0 aliphatic rings. The Labute approximate surface area is 121 Å². The van der Waals surface area contributed by atoms with Gasteiger partial charge in [0.05, 0.1) is 17.6 Å². The van der Waals surface area contributed by atoms with Crippen molar-refractivity contribution in [2.45, 2.75) is 20.0 Å². The molecule has 0 radical (unpaired) electrons. The number of fused-ring (bicyclic) bond motifs is 1. The lowest BCUT2D eigenvalue weighted by Crippen LogP contribution is -2.08. The Kier molecular flexibility index (Phi) is 3.56. The Hall–Kier alpha value is -2.43. The van der Waals surface area contributed by atoms with Crippen LogP contribution in [0.25, 0.3) is 11.0 Å². The van der Waals surface area contributed by atoms with E-state index in [1.165, 1.54) is 6.07 Å². The van der Waals surface area contributed by atoms with Crippen molar-refractivity contribution in [2.75, 3.05) is 5.32 Å². The Balaban J connectivity index is 1.86. The van der Waals surface area contributed by atoms with Crippen molar-refractivity contribution >= 4 is 16.7 Å². The first-order valence-electron chi connectivity index (χ1n) is 6.82. The molecule has 21 heavy (non-hydrogen) atoms. The molecule has 0 bridgehead atoms. The summed E-state index contributed by atoms with van der Waals surface area (Å²) in [6, 6.07) is 11.7. The van der Waals surface area contributed by atoms with E-state index in [2.05, 4.69) is 21.8 Å². The van der Waals surface area contributed by atoms with Crippen LogP contribution in [0.2, 0.25) is 0 Å². The van der Waals surface area contributed by atoms with E-state index >= 15 is 0 Å². The van der Waals surface area contributed by atoms with E-state index in [0.717, 1.165) is 35.5 Å². The average Bonchev–Trinajstić information content (AvgIpc) is 2.86. The topological polar surface area (TPSA) is 29.9 Å². The van der Waals surface area contributed by atoms with Crippen LogP contribution in [0.5, 0.6) is 0 Å². The zero-order chi connectivity index (χ0) is 14.8. The van der Waals surface area contributed by atoms with Crippen LogP contribution in [-0.4, -0.2) is 9.55 Å². The van der Waals surface area contributed by atoms with Gasteiger partial charge in [-0.25, -0.2) is 13.8 Å². The summed E-state index contributed by atoms with van der Waals surface area (Å²) >= 11 is 0. The van der Waals surface area contributed by atoms with Crippen molar-refractivity contribution < 1.29 is 8.78 Å². The summed E-state index contributed by atoms with van der Waals surface area (Å²) in [6.07, 6.45) is 0. The fraction of sp³-hybridized carbons (Fsp3) is 0.188. The van der Waals surface area contributed by atoms with E-state index < -0.39 is 11.6 Å². The molecule has 0 saturated carbocycles. The van der Waals surface area contributed by atoms with Gasteiger partial charge in [-0.2, -0.15) is 0 Å². The van der Waals surface area contributed by atoms with Gasteiger partial charge in [-0.1, -0.05) is 12.1 Å². The third-order valence-electron chi connectivity index (χ3n) is 3.42. The molecule has 0 fully saturated rings. The molecule has 3 nitrogen and oxygen atoms in total. The van der Waals surface area contributed by atoms with Crippen molar-refractivity contribution in [3.8, 4) is 0 Å². The number of para-hydroxylation sites is 2. The van der Waals surface area contributed by atoms with Crippen LogP contribution < -0.4 is 5.32 Å². The average molecular weight is 287 g/mol. The van der Waals surface area contributed by atoms with Gasteiger partial charge in [0.1, 0.15) is 5.82 Å². The Morgan fingerprint density at radius 3 is 2.67 bits per heavy atom. The Bertz CT molecular complexity index is 780. The number of hydrogen-bond donors (Lipinski definition) is 1. The maximum atomic E-state index is 13.2. The molecule has 0 spiro atoms. The molecule has 3 rings (SSSR count). The summed E-state index contributed by atoms with van der Waals surface area (Å²) in [5.74, 6) is -0.839. The number of nitrogens with one attached hydrogen (secondary N) is 1. The summed E-state index contributed by atoms with van der Waals surface area (Å²) < 4.78 is 28.2. The summed E-state index contributed by atoms with van der Waals surface area (Å²) in [5.41, 5.74) is 2.53. The van der Waals surface area contributed by atoms with E-state index in [-0.39, 0.29) is 0 Å². The number of halogens is 2. The number of nitrogens with zero attached hydrogens (tertiary/aromatic N) is 2. The molecule has 0 amide bonds. The molecule has 3 aromatic rings. The van der Waals surface area contributed by atoms with Crippen molar-refractivity contribution in [3.05, 3.63) is 59.9 Å². The van der Waals surface area contributed by atoms with Gasteiger partial charge in [0.15, 0.2) is 11.6 Å². The van der Waals surface area contributed by atoms with E-state index in [4.69, 9.17) is 0 Å². The molecule has 0 saturated heterocycles. The molecule has 108 valence electrons. The van der Waals surface area contributed by atoms with Gasteiger partial charge < -0.3 is 9.88 Å². The van der Waals surface area contributed by atoms with Crippen LogP contribution in [0.1, 0.15) is 12.7 Å². The molecule has 1 N–H and O–H groups in total. The minimum absolute atomic E-state index is 0.452. The monoisotopic (exact) mass is 287 g/mol. The molecule has 5 heteroatoms. The van der Waals surface area contributed by atoms with Crippen LogP contribution in [-0.2, 0) is 13.1 Å². The van der Waals surface area contributed by atoms with Gasteiger partial charge in [0.2, 0.25) is 0 Å². The molecule has 1 heterocycles. The van der Waals surface area contributed by atoms with Crippen molar-refractivity contribution in [1.29, 1.82) is 0 Å². The number of imidazole rings is 1. The highest BCUT2D eigenvalue weighted by Crippen LogP contribution is 2.18. The molecular weight excluding hydrogens is 272 g/mol. The Morgan fingerprint density at radius 2 is 1.90 bits per heavy atom. The third-order valence-corrected chi connectivity index (χ3v) is 3.42. The predicted molar refractivity (Wildman–Crippen MR) is 79.1 cm³/mol. The quantitative estimate of drug-likeness (QED) is 0.787. The first-order chi connectivity index (χ1) is 10.2. The van der Waals surface area contributed by atoms with Crippen LogP contribution in [0.4, 0.5) is 14.5 Å². The first kappa shape index (κ1) is 13.5. The van der Waals surface area contributed by atoms with Crippen molar-refractivity contribution in [3.63, 3.8) is 0 Å². The molecule has 0 unspecified atom stereocenters. The second-order valence-electron chi connectivity index (χ2n) is 4.74. The predicted octanol–water partition coefficient (Wildman–Crippen LogP) is 3.95. The maximum absolute atomic E-state index is 13.2. The second kappa shape index (κ2) is 5.52. The first-order valence-corrected chi connectivity index (χ1v) is 6.82. The lowest BCUT2D eigenvalue weighted by Gasteiger charge is -2.09. The van der Waals surface area contributed by atoms with Gasteiger partial charge in [-0.15, -0.1) is 0 Å². The summed E-state index contributed by atoms with van der Waals surface area (Å²) in [4.78, 5) is 4.57. The zero-order valence-corrected chi connectivity index (χ0v) is 11.6. The van der Waals surface area contributed by atoms with E-state index in [1.54, 1.807) is 0 Å². The van der Waals surface area contributed by atoms with Crippen LogP contribution >= 0.6 is 0 Å². The van der Waals surface area contributed by atoms with E-state index in [0.29, 0.717) is 12.2 Å². The van der Waals surface area contributed by atoms with Gasteiger partial charge >= 0.3 is 0 Å². The second-order valence-corrected chi connectivity index (χ2v) is 4.74. The molecule has 2 aromatic carbocycles. The number of hydrogen-bond acceptors (Lipinski definition) is 2. The van der Waals surface area contributed by atoms with Crippen LogP contribution in [0.3, 0.4) is 0 Å². The highest BCUT2D eigenvalue weighted by Gasteiger charge is 2.09. The van der Waals surface area contributed by atoms with E-state index in [1.807, 2.05) is 24.3 Å². The van der Waals surface area contributed by atoms with E-state index in [9.17, 15) is 8.78 Å². The number of aromatic nitrogens is 2. The SMILES string of the molecule is CCn1c(CNc2ccc(F)c(F)c2)nc2ccccc21. The maximum Gasteiger partial charge on any atom is 0.160 e. The van der Waals surface area contributed by atoms with Crippen LogP contribution in [0, 0.1) is 11.6 Å². The fourth-order valence-electron chi connectivity index (χ4n) is 2.40. The molecule has 0 aliphatic carbocycles. The van der Waals surface area contributed by atoms with Gasteiger partial charge in [0, 0.05) is 18.3 Å². The van der Waals surface area contributed by atoms with Crippen LogP contribution in [0.15, 0.2) is 42.5 Å². The fourth-order valence-corrected chi connectivity index (χ4v) is 2.40. The van der Waals surface area contributed by atoms with Gasteiger partial charge in [-0.05, 0) is 31.2 Å². The minimum Gasteiger partial charge on any atom is -0.378 e.